The second-order valence-electron chi connectivity index (χ2n) is 9.15. The number of aryl methyl sites for hydroxylation is 1. The number of sulfonamides is 1. The van der Waals surface area contributed by atoms with Gasteiger partial charge in [0.05, 0.1) is 39.8 Å². The molecule has 2 N–H and O–H groups in total. The van der Waals surface area contributed by atoms with Crippen LogP contribution in [0.25, 0.3) is 5.69 Å². The van der Waals surface area contributed by atoms with Crippen LogP contribution in [-0.4, -0.2) is 29.3 Å². The lowest BCUT2D eigenvalue weighted by molar-refractivity contribution is 0.565. The molecule has 0 spiro atoms. The third kappa shape index (κ3) is 4.99. The Bertz CT molecular complexity index is 1620. The number of thiocarbonyl (C=S) groups is 1. The third-order valence-corrected chi connectivity index (χ3v) is 8.24. The standard InChI is InChI=1S/C27H25Cl2N5O2S2/c1-16-15-20(17(2)33(16)23-9-6-7-21(28)24(23)29)26-25(22-8-4-5-14-30-22)31-27(37)34(26)19-12-10-18(11-13-19)32-38(3,35)36/h4-15,25-26,32H,1-3H3,(H,31,37)/t25-,26-/m0/s1. The molecule has 3 heterocycles. The Labute approximate surface area is 237 Å². The number of pyridine rings is 1. The fraction of sp³-hybridized carbons (Fsp3) is 0.185. The molecule has 11 heteroatoms. The molecule has 2 atom stereocenters. The Kier molecular flexibility index (Phi) is 7.13. The molecule has 0 radical (unpaired) electrons. The van der Waals surface area contributed by atoms with Crippen molar-refractivity contribution in [3.8, 4) is 5.69 Å². The van der Waals surface area contributed by atoms with E-state index in [2.05, 4.69) is 25.7 Å². The van der Waals surface area contributed by atoms with Gasteiger partial charge in [0.15, 0.2) is 5.11 Å². The average molecular weight is 587 g/mol. The molecule has 0 saturated carbocycles. The van der Waals surface area contributed by atoms with Crippen LogP contribution in [0.5, 0.6) is 0 Å². The highest BCUT2D eigenvalue weighted by Crippen LogP contribution is 2.44. The van der Waals surface area contributed by atoms with Crippen LogP contribution in [0.3, 0.4) is 0 Å². The molecule has 0 bridgehead atoms. The van der Waals surface area contributed by atoms with E-state index < -0.39 is 10.0 Å². The van der Waals surface area contributed by atoms with E-state index in [-0.39, 0.29) is 12.1 Å². The molecule has 0 amide bonds. The lowest BCUT2D eigenvalue weighted by atomic mass is 9.96. The van der Waals surface area contributed by atoms with Gasteiger partial charge in [-0.05, 0) is 86.2 Å². The Balaban J connectivity index is 1.65. The number of rotatable bonds is 6. The van der Waals surface area contributed by atoms with Crippen LogP contribution in [-0.2, 0) is 10.0 Å². The molecular formula is C27H25Cl2N5O2S2. The highest BCUT2D eigenvalue weighted by molar-refractivity contribution is 7.92. The molecule has 4 aromatic rings. The van der Waals surface area contributed by atoms with Crippen molar-refractivity contribution in [3.05, 3.63) is 106 Å². The monoisotopic (exact) mass is 585 g/mol. The van der Waals surface area contributed by atoms with Crippen molar-refractivity contribution in [2.24, 2.45) is 0 Å². The predicted octanol–water partition coefficient (Wildman–Crippen LogP) is 6.34. The minimum Gasteiger partial charge on any atom is -0.351 e. The zero-order valence-corrected chi connectivity index (χ0v) is 24.0. The summed E-state index contributed by atoms with van der Waals surface area (Å²) in [6.07, 6.45) is 2.89. The van der Waals surface area contributed by atoms with Gasteiger partial charge in [-0.3, -0.25) is 9.71 Å². The molecular weight excluding hydrogens is 561 g/mol. The van der Waals surface area contributed by atoms with Gasteiger partial charge >= 0.3 is 0 Å². The van der Waals surface area contributed by atoms with Gasteiger partial charge in [0.1, 0.15) is 0 Å². The molecule has 5 rings (SSSR count). The zero-order chi connectivity index (χ0) is 27.2. The van der Waals surface area contributed by atoms with E-state index in [1.807, 2.05) is 61.2 Å². The molecule has 38 heavy (non-hydrogen) atoms. The number of halogens is 2. The number of nitrogens with one attached hydrogen (secondary N) is 2. The van der Waals surface area contributed by atoms with Gasteiger partial charge < -0.3 is 14.8 Å². The first kappa shape index (κ1) is 26.5. The molecule has 2 aromatic carbocycles. The lowest BCUT2D eigenvalue weighted by Crippen LogP contribution is -2.29. The summed E-state index contributed by atoms with van der Waals surface area (Å²) in [6, 6.07) is 20.2. The summed E-state index contributed by atoms with van der Waals surface area (Å²) in [7, 11) is -3.39. The van der Waals surface area contributed by atoms with Gasteiger partial charge in [0.2, 0.25) is 10.0 Å². The van der Waals surface area contributed by atoms with E-state index in [1.165, 1.54) is 0 Å². The number of hydrogen-bond donors (Lipinski definition) is 2. The van der Waals surface area contributed by atoms with Crippen LogP contribution < -0.4 is 14.9 Å². The van der Waals surface area contributed by atoms with Gasteiger partial charge in [0.25, 0.3) is 0 Å². The van der Waals surface area contributed by atoms with Crippen molar-refractivity contribution in [2.45, 2.75) is 25.9 Å². The van der Waals surface area contributed by atoms with Crippen LogP contribution in [0.15, 0.2) is 72.9 Å². The first-order chi connectivity index (χ1) is 18.0. The summed E-state index contributed by atoms with van der Waals surface area (Å²) in [5.41, 5.74) is 5.96. The summed E-state index contributed by atoms with van der Waals surface area (Å²) < 4.78 is 28.0. The van der Waals surface area contributed by atoms with Gasteiger partial charge in [-0.25, -0.2) is 8.42 Å². The summed E-state index contributed by atoms with van der Waals surface area (Å²) in [5, 5.41) is 4.97. The third-order valence-electron chi connectivity index (χ3n) is 6.51. The molecule has 196 valence electrons. The number of nitrogens with zero attached hydrogens (tertiary/aromatic N) is 3. The Morgan fingerprint density at radius 1 is 1.03 bits per heavy atom. The Morgan fingerprint density at radius 2 is 1.76 bits per heavy atom. The SMILES string of the molecule is Cc1cc([C@H]2[C@H](c3ccccn3)NC(=S)N2c2ccc(NS(C)(=O)=O)cc2)c(C)n1-c1cccc(Cl)c1Cl. The van der Waals surface area contributed by atoms with Crippen LogP contribution in [0.2, 0.25) is 10.0 Å². The zero-order valence-electron chi connectivity index (χ0n) is 20.8. The Morgan fingerprint density at radius 3 is 2.42 bits per heavy atom. The predicted molar refractivity (Wildman–Crippen MR) is 158 cm³/mol. The molecule has 0 aliphatic carbocycles. The number of aromatic nitrogens is 2. The summed E-state index contributed by atoms with van der Waals surface area (Å²) in [4.78, 5) is 6.67. The quantitative estimate of drug-likeness (QED) is 0.257. The van der Waals surface area contributed by atoms with Gasteiger partial charge in [-0.15, -0.1) is 0 Å². The van der Waals surface area contributed by atoms with E-state index in [1.54, 1.807) is 24.4 Å². The second-order valence-corrected chi connectivity index (χ2v) is 12.1. The fourth-order valence-electron chi connectivity index (χ4n) is 4.98. The topological polar surface area (TPSA) is 79.3 Å². The lowest BCUT2D eigenvalue weighted by Gasteiger charge is -2.28. The molecule has 1 fully saturated rings. The number of hydrogen-bond acceptors (Lipinski definition) is 4. The van der Waals surface area contributed by atoms with Gasteiger partial charge in [-0.1, -0.05) is 35.3 Å². The van der Waals surface area contributed by atoms with Gasteiger partial charge in [0, 0.05) is 29.0 Å². The average Bonchev–Trinajstić information content (AvgIpc) is 3.36. The van der Waals surface area contributed by atoms with Crippen molar-refractivity contribution in [2.75, 3.05) is 15.9 Å². The second kappa shape index (κ2) is 10.2. The molecule has 1 aliphatic rings. The van der Waals surface area contributed by atoms with E-state index in [0.717, 1.165) is 40.3 Å². The van der Waals surface area contributed by atoms with E-state index in [4.69, 9.17) is 35.4 Å². The van der Waals surface area contributed by atoms with E-state index in [0.29, 0.717) is 20.8 Å². The minimum atomic E-state index is -3.39. The van der Waals surface area contributed by atoms with E-state index in [9.17, 15) is 8.42 Å². The normalized spacial score (nSPS) is 17.5. The maximum atomic E-state index is 11.7. The highest BCUT2D eigenvalue weighted by atomic mass is 35.5. The fourth-order valence-corrected chi connectivity index (χ4v) is 6.27. The Hall–Kier alpha value is -3.11. The van der Waals surface area contributed by atoms with Gasteiger partial charge in [-0.2, -0.15) is 0 Å². The van der Waals surface area contributed by atoms with Crippen LogP contribution in [0.1, 0.15) is 34.7 Å². The summed E-state index contributed by atoms with van der Waals surface area (Å²) in [5.74, 6) is 0. The maximum Gasteiger partial charge on any atom is 0.229 e. The molecule has 1 aliphatic heterocycles. The smallest absolute Gasteiger partial charge is 0.229 e. The van der Waals surface area contributed by atoms with E-state index >= 15 is 0 Å². The van der Waals surface area contributed by atoms with Crippen LogP contribution in [0, 0.1) is 13.8 Å². The first-order valence-corrected chi connectivity index (χ1v) is 14.8. The highest BCUT2D eigenvalue weighted by Gasteiger charge is 2.42. The number of benzene rings is 2. The summed E-state index contributed by atoms with van der Waals surface area (Å²) in [6.45, 7) is 4.08. The maximum absolute atomic E-state index is 11.7. The van der Waals surface area contributed by atoms with Crippen molar-refractivity contribution in [1.82, 2.24) is 14.9 Å². The van der Waals surface area contributed by atoms with Crippen molar-refractivity contribution in [1.29, 1.82) is 0 Å². The largest absolute Gasteiger partial charge is 0.351 e. The minimum absolute atomic E-state index is 0.235. The van der Waals surface area contributed by atoms with Crippen LogP contribution in [0.4, 0.5) is 11.4 Å². The van der Waals surface area contributed by atoms with Crippen molar-refractivity contribution >= 4 is 61.9 Å². The summed E-state index contributed by atoms with van der Waals surface area (Å²) >= 11 is 18.8. The van der Waals surface area contributed by atoms with Crippen molar-refractivity contribution < 1.29 is 8.42 Å². The van der Waals surface area contributed by atoms with Crippen molar-refractivity contribution in [3.63, 3.8) is 0 Å². The van der Waals surface area contributed by atoms with Crippen LogP contribution >= 0.6 is 35.4 Å². The number of anilines is 2. The molecule has 7 nitrogen and oxygen atoms in total. The molecule has 2 aromatic heterocycles. The first-order valence-electron chi connectivity index (χ1n) is 11.8. The molecule has 1 saturated heterocycles. The molecule has 0 unspecified atom stereocenters.